The van der Waals surface area contributed by atoms with Crippen molar-refractivity contribution >= 4 is 21.8 Å². The smallest absolute Gasteiger partial charge is 0.132 e. The monoisotopic (exact) mass is 573 g/mol. The predicted octanol–water partition coefficient (Wildman–Crippen LogP) is 10.9. The van der Waals surface area contributed by atoms with Crippen molar-refractivity contribution in [2.24, 2.45) is 0 Å². The summed E-state index contributed by atoms with van der Waals surface area (Å²) in [6.45, 7) is 0. The Balaban J connectivity index is 1.44. The van der Waals surface area contributed by atoms with E-state index in [0.717, 1.165) is 11.5 Å². The first-order valence-corrected chi connectivity index (χ1v) is 15.5. The molecular weight excluding hydrogens is 546 g/mol. The second kappa shape index (κ2) is 9.07. The normalized spacial score (nSPS) is 13.7. The van der Waals surface area contributed by atoms with E-state index >= 15 is 0 Å². The number of benzene rings is 7. The van der Waals surface area contributed by atoms with Gasteiger partial charge in [-0.3, -0.25) is 0 Å². The molecule has 0 radical (unpaired) electrons. The van der Waals surface area contributed by atoms with E-state index in [1.807, 2.05) is 0 Å². The van der Waals surface area contributed by atoms with Crippen molar-refractivity contribution in [3.05, 3.63) is 186 Å². The van der Waals surface area contributed by atoms with Crippen LogP contribution in [0.2, 0.25) is 0 Å². The summed E-state index contributed by atoms with van der Waals surface area (Å²) in [4.78, 5) is 0. The molecule has 0 atom stereocenters. The highest BCUT2D eigenvalue weighted by Gasteiger charge is 2.50. The van der Waals surface area contributed by atoms with E-state index < -0.39 is 5.41 Å². The van der Waals surface area contributed by atoms with Crippen LogP contribution in [0.4, 0.5) is 0 Å². The number of hydrogen-bond donors (Lipinski definition) is 0. The Morgan fingerprint density at radius 2 is 0.956 bits per heavy atom. The lowest BCUT2D eigenvalue weighted by molar-refractivity contribution is 0.434. The number of aromatic nitrogens is 1. The molecule has 0 N–H and O–H groups in total. The van der Waals surface area contributed by atoms with Crippen LogP contribution >= 0.6 is 0 Å². The van der Waals surface area contributed by atoms with Crippen molar-refractivity contribution in [2.45, 2.75) is 5.41 Å². The molecule has 2 aliphatic rings. The fraction of sp³-hybridized carbons (Fsp3) is 0.0233. The zero-order chi connectivity index (χ0) is 29.5. The topological polar surface area (TPSA) is 14.2 Å². The van der Waals surface area contributed by atoms with Crippen LogP contribution in [0.3, 0.4) is 0 Å². The zero-order valence-electron chi connectivity index (χ0n) is 24.4. The van der Waals surface area contributed by atoms with Gasteiger partial charge in [0.2, 0.25) is 0 Å². The Labute approximate surface area is 261 Å². The maximum Gasteiger partial charge on any atom is 0.132 e. The lowest BCUT2D eigenvalue weighted by Gasteiger charge is -2.45. The van der Waals surface area contributed by atoms with Gasteiger partial charge >= 0.3 is 0 Å². The van der Waals surface area contributed by atoms with Crippen LogP contribution in [0.25, 0.3) is 49.7 Å². The molecule has 0 fully saturated rings. The average Bonchev–Trinajstić information content (AvgIpc) is 3.45. The summed E-state index contributed by atoms with van der Waals surface area (Å²) in [6.07, 6.45) is 0. The molecule has 8 aromatic rings. The lowest BCUT2D eigenvalue weighted by Crippen LogP contribution is -2.37. The number of nitrogens with zero attached hydrogens (tertiary/aromatic N) is 1. The van der Waals surface area contributed by atoms with Gasteiger partial charge < -0.3 is 9.30 Å². The van der Waals surface area contributed by atoms with E-state index in [1.54, 1.807) is 0 Å². The molecule has 0 saturated carbocycles. The van der Waals surface area contributed by atoms with Crippen molar-refractivity contribution in [3.8, 4) is 39.4 Å². The lowest BCUT2D eigenvalue weighted by atomic mass is 9.61. The van der Waals surface area contributed by atoms with E-state index in [0.29, 0.717) is 0 Å². The summed E-state index contributed by atoms with van der Waals surface area (Å²) >= 11 is 0. The zero-order valence-corrected chi connectivity index (χ0v) is 24.4. The van der Waals surface area contributed by atoms with Gasteiger partial charge in [0.1, 0.15) is 11.5 Å². The minimum absolute atomic E-state index is 0.572. The number of fused-ring (bicyclic) bond motifs is 11. The fourth-order valence-corrected chi connectivity index (χ4v) is 8.00. The highest BCUT2D eigenvalue weighted by molar-refractivity contribution is 6.14. The second-order valence-corrected chi connectivity index (χ2v) is 12.1. The van der Waals surface area contributed by atoms with Crippen LogP contribution in [0, 0.1) is 0 Å². The molecule has 0 aliphatic carbocycles. The van der Waals surface area contributed by atoms with E-state index in [9.17, 15) is 0 Å². The predicted molar refractivity (Wildman–Crippen MR) is 184 cm³/mol. The van der Waals surface area contributed by atoms with Gasteiger partial charge in [0.15, 0.2) is 0 Å². The number of rotatable bonds is 2. The van der Waals surface area contributed by atoms with Crippen LogP contribution < -0.4 is 4.74 Å². The molecule has 1 spiro atoms. The summed E-state index contributed by atoms with van der Waals surface area (Å²) in [7, 11) is 0. The Hall–Kier alpha value is -5.86. The third-order valence-corrected chi connectivity index (χ3v) is 9.83. The van der Waals surface area contributed by atoms with E-state index in [-0.39, 0.29) is 0 Å². The molecular formula is C43H27NO. The standard InChI is InChI=1S/C43H27NO/c1-3-13-28(14-4-1)30-23-24-38-32(25-30)33-26-31(29-15-5-2-6-16-29)27-37-42(33)44(38)39-20-10-7-17-34(39)43(37)35-18-8-11-21-40(35)45-41-22-12-9-19-36(41)43/h1-27H. The Morgan fingerprint density at radius 3 is 1.64 bits per heavy atom. The number of para-hydroxylation sites is 3. The molecule has 1 aromatic heterocycles. The third-order valence-electron chi connectivity index (χ3n) is 9.83. The average molecular weight is 574 g/mol. The molecule has 3 heterocycles. The first-order valence-electron chi connectivity index (χ1n) is 15.5. The van der Waals surface area contributed by atoms with Gasteiger partial charge in [-0.2, -0.15) is 0 Å². The van der Waals surface area contributed by atoms with Crippen LogP contribution in [-0.4, -0.2) is 4.57 Å². The van der Waals surface area contributed by atoms with Gasteiger partial charge in [-0.05, 0) is 75.8 Å². The summed E-state index contributed by atoms with van der Waals surface area (Å²) in [6, 6.07) is 59.5. The van der Waals surface area contributed by atoms with Crippen molar-refractivity contribution < 1.29 is 4.74 Å². The minimum Gasteiger partial charge on any atom is -0.457 e. The second-order valence-electron chi connectivity index (χ2n) is 12.1. The van der Waals surface area contributed by atoms with E-state index in [2.05, 4.69) is 168 Å². The molecule has 2 heteroatoms. The highest BCUT2D eigenvalue weighted by Crippen LogP contribution is 2.60. The van der Waals surface area contributed by atoms with Crippen LogP contribution in [0.15, 0.2) is 164 Å². The quantitative estimate of drug-likeness (QED) is 0.201. The molecule has 2 nitrogen and oxygen atoms in total. The summed E-state index contributed by atoms with van der Waals surface area (Å²) in [5, 5.41) is 2.51. The van der Waals surface area contributed by atoms with Crippen LogP contribution in [0.1, 0.15) is 22.3 Å². The molecule has 0 saturated heterocycles. The van der Waals surface area contributed by atoms with Gasteiger partial charge in [0.05, 0.1) is 22.1 Å². The first kappa shape index (κ1) is 24.6. The Bertz CT molecular complexity index is 2410. The van der Waals surface area contributed by atoms with Crippen molar-refractivity contribution in [1.29, 1.82) is 0 Å². The largest absolute Gasteiger partial charge is 0.457 e. The van der Waals surface area contributed by atoms with Gasteiger partial charge in [-0.25, -0.2) is 0 Å². The third kappa shape index (κ3) is 3.23. The van der Waals surface area contributed by atoms with Gasteiger partial charge in [-0.1, -0.05) is 121 Å². The maximum absolute atomic E-state index is 6.64. The molecule has 0 amide bonds. The van der Waals surface area contributed by atoms with Crippen LogP contribution in [-0.2, 0) is 5.41 Å². The Morgan fingerprint density at radius 1 is 0.400 bits per heavy atom. The molecule has 2 aliphatic heterocycles. The molecule has 45 heavy (non-hydrogen) atoms. The summed E-state index contributed by atoms with van der Waals surface area (Å²) < 4.78 is 9.14. The molecule has 210 valence electrons. The van der Waals surface area contributed by atoms with Gasteiger partial charge in [0, 0.05) is 21.9 Å². The van der Waals surface area contributed by atoms with E-state index in [4.69, 9.17) is 4.74 Å². The van der Waals surface area contributed by atoms with Crippen molar-refractivity contribution in [3.63, 3.8) is 0 Å². The summed E-state index contributed by atoms with van der Waals surface area (Å²) in [5.41, 5.74) is 12.8. The maximum atomic E-state index is 6.64. The first-order chi connectivity index (χ1) is 22.3. The minimum atomic E-state index is -0.572. The van der Waals surface area contributed by atoms with Crippen molar-refractivity contribution in [1.82, 2.24) is 4.57 Å². The van der Waals surface area contributed by atoms with Gasteiger partial charge in [0.25, 0.3) is 0 Å². The number of hydrogen-bond acceptors (Lipinski definition) is 1. The molecule has 0 unspecified atom stereocenters. The SMILES string of the molecule is c1ccc(-c2ccc3c(c2)c2cc(-c4ccccc4)cc4c2n3-c2ccccc2C42c3ccccc3Oc3ccccc32)cc1. The Kier molecular flexibility index (Phi) is 4.95. The van der Waals surface area contributed by atoms with Crippen molar-refractivity contribution in [2.75, 3.05) is 0 Å². The van der Waals surface area contributed by atoms with Gasteiger partial charge in [-0.15, -0.1) is 0 Å². The number of ether oxygens (including phenoxy) is 1. The van der Waals surface area contributed by atoms with E-state index in [1.165, 1.54) is 72.0 Å². The molecule has 7 aromatic carbocycles. The fourth-order valence-electron chi connectivity index (χ4n) is 8.00. The van der Waals surface area contributed by atoms with Crippen LogP contribution in [0.5, 0.6) is 11.5 Å². The summed E-state index contributed by atoms with van der Waals surface area (Å²) in [5.74, 6) is 1.81. The molecule has 0 bridgehead atoms. The highest BCUT2D eigenvalue weighted by atomic mass is 16.5. The molecule has 10 rings (SSSR count).